The van der Waals surface area contributed by atoms with Gasteiger partial charge in [-0.05, 0) is 67.3 Å². The molecule has 2 rings (SSSR count). The Labute approximate surface area is 120 Å². The second-order valence-corrected chi connectivity index (χ2v) is 5.36. The summed E-state index contributed by atoms with van der Waals surface area (Å²) in [7, 11) is 0. The Morgan fingerprint density at radius 2 is 1.65 bits per heavy atom. The molecule has 0 aliphatic heterocycles. The van der Waals surface area contributed by atoms with Crippen LogP contribution in [0.5, 0.6) is 0 Å². The van der Waals surface area contributed by atoms with Crippen molar-refractivity contribution in [2.24, 2.45) is 0 Å². The quantitative estimate of drug-likeness (QED) is 0.861. The van der Waals surface area contributed by atoms with Crippen LogP contribution in [0.25, 0.3) is 11.1 Å². The maximum absolute atomic E-state index is 13.7. The van der Waals surface area contributed by atoms with Crippen molar-refractivity contribution in [3.8, 4) is 11.1 Å². The minimum Gasteiger partial charge on any atom is -0.313 e. The molecule has 0 bridgehead atoms. The Kier molecular flexibility index (Phi) is 4.56. The number of hydrogen-bond acceptors (Lipinski definition) is 1. The highest BCUT2D eigenvalue weighted by molar-refractivity contribution is 5.74. The van der Waals surface area contributed by atoms with Crippen LogP contribution in [0.4, 0.5) is 4.39 Å². The molecular formula is C18H22FN. The third-order valence-corrected chi connectivity index (χ3v) is 3.58. The van der Waals surface area contributed by atoms with Crippen molar-refractivity contribution < 1.29 is 4.39 Å². The minimum absolute atomic E-state index is 0.181. The van der Waals surface area contributed by atoms with Gasteiger partial charge in [0.15, 0.2) is 0 Å². The molecule has 0 aliphatic rings. The molecule has 1 nitrogen and oxygen atoms in total. The van der Waals surface area contributed by atoms with E-state index in [1.54, 1.807) is 6.07 Å². The number of benzene rings is 2. The van der Waals surface area contributed by atoms with Crippen molar-refractivity contribution in [1.29, 1.82) is 0 Å². The summed E-state index contributed by atoms with van der Waals surface area (Å²) in [5, 5.41) is 3.32. The average molecular weight is 271 g/mol. The molecule has 1 N–H and O–H groups in total. The SMILES string of the molecule is CCNCc1ccc(F)cc1-c1c(C)cc(C)cc1C. The van der Waals surface area contributed by atoms with Gasteiger partial charge in [0, 0.05) is 6.54 Å². The first-order valence-corrected chi connectivity index (χ1v) is 7.10. The molecule has 0 saturated carbocycles. The Bertz CT molecular complexity index is 594. The fourth-order valence-corrected chi connectivity index (χ4v) is 2.80. The Balaban J connectivity index is 2.59. The van der Waals surface area contributed by atoms with Crippen LogP contribution in [0, 0.1) is 26.6 Å². The van der Waals surface area contributed by atoms with E-state index >= 15 is 0 Å². The Morgan fingerprint density at radius 1 is 1.00 bits per heavy atom. The van der Waals surface area contributed by atoms with E-state index in [0.29, 0.717) is 0 Å². The van der Waals surface area contributed by atoms with Gasteiger partial charge in [0.05, 0.1) is 0 Å². The fourth-order valence-electron chi connectivity index (χ4n) is 2.80. The second kappa shape index (κ2) is 6.19. The summed E-state index contributed by atoms with van der Waals surface area (Å²) < 4.78 is 13.7. The molecular weight excluding hydrogens is 249 g/mol. The summed E-state index contributed by atoms with van der Waals surface area (Å²) in [5.41, 5.74) is 6.94. The van der Waals surface area contributed by atoms with Crippen LogP contribution in [0.15, 0.2) is 30.3 Å². The van der Waals surface area contributed by atoms with E-state index in [-0.39, 0.29) is 5.82 Å². The van der Waals surface area contributed by atoms with Crippen LogP contribution in [-0.2, 0) is 6.54 Å². The van der Waals surface area contributed by atoms with Crippen molar-refractivity contribution in [2.75, 3.05) is 6.54 Å². The lowest BCUT2D eigenvalue weighted by Gasteiger charge is -2.16. The summed E-state index contributed by atoms with van der Waals surface area (Å²) in [5.74, 6) is -0.181. The van der Waals surface area contributed by atoms with Gasteiger partial charge in [0.2, 0.25) is 0 Å². The molecule has 0 spiro atoms. The highest BCUT2D eigenvalue weighted by Crippen LogP contribution is 2.31. The van der Waals surface area contributed by atoms with Crippen LogP contribution in [-0.4, -0.2) is 6.54 Å². The lowest BCUT2D eigenvalue weighted by atomic mass is 9.91. The molecule has 20 heavy (non-hydrogen) atoms. The molecule has 2 aromatic rings. The van der Waals surface area contributed by atoms with E-state index < -0.39 is 0 Å². The van der Waals surface area contributed by atoms with Crippen LogP contribution < -0.4 is 5.32 Å². The Hall–Kier alpha value is -1.67. The van der Waals surface area contributed by atoms with Gasteiger partial charge in [-0.15, -0.1) is 0 Å². The summed E-state index contributed by atoms with van der Waals surface area (Å²) >= 11 is 0. The number of aryl methyl sites for hydroxylation is 3. The number of halogens is 1. The van der Waals surface area contributed by atoms with Gasteiger partial charge in [-0.25, -0.2) is 4.39 Å². The van der Waals surface area contributed by atoms with Crippen LogP contribution >= 0.6 is 0 Å². The van der Waals surface area contributed by atoms with E-state index in [1.165, 1.54) is 22.8 Å². The average Bonchev–Trinajstić information content (AvgIpc) is 2.36. The van der Waals surface area contributed by atoms with Gasteiger partial charge >= 0.3 is 0 Å². The van der Waals surface area contributed by atoms with E-state index in [0.717, 1.165) is 29.8 Å². The number of rotatable bonds is 4. The first kappa shape index (κ1) is 14.7. The van der Waals surface area contributed by atoms with Gasteiger partial charge in [0.25, 0.3) is 0 Å². The molecule has 0 fully saturated rings. The predicted molar refractivity (Wildman–Crippen MR) is 83.4 cm³/mol. The maximum Gasteiger partial charge on any atom is 0.123 e. The maximum atomic E-state index is 13.7. The van der Waals surface area contributed by atoms with Crippen molar-refractivity contribution in [3.63, 3.8) is 0 Å². The molecule has 0 amide bonds. The normalized spacial score (nSPS) is 10.8. The standard InChI is InChI=1S/C18H22FN/c1-5-20-11-15-6-7-16(19)10-17(15)18-13(3)8-12(2)9-14(18)4/h6-10,20H,5,11H2,1-4H3. The van der Waals surface area contributed by atoms with Crippen LogP contribution in [0.3, 0.4) is 0 Å². The zero-order chi connectivity index (χ0) is 14.7. The van der Waals surface area contributed by atoms with E-state index in [1.807, 2.05) is 6.07 Å². The van der Waals surface area contributed by atoms with Crippen LogP contribution in [0.1, 0.15) is 29.2 Å². The molecule has 0 atom stereocenters. The molecule has 0 unspecified atom stereocenters. The van der Waals surface area contributed by atoms with E-state index in [4.69, 9.17) is 0 Å². The van der Waals surface area contributed by atoms with Gasteiger partial charge < -0.3 is 5.32 Å². The topological polar surface area (TPSA) is 12.0 Å². The number of hydrogen-bond donors (Lipinski definition) is 1. The lowest BCUT2D eigenvalue weighted by molar-refractivity contribution is 0.626. The van der Waals surface area contributed by atoms with Gasteiger partial charge in [-0.2, -0.15) is 0 Å². The van der Waals surface area contributed by atoms with Crippen molar-refractivity contribution in [3.05, 3.63) is 58.4 Å². The van der Waals surface area contributed by atoms with Crippen molar-refractivity contribution in [2.45, 2.75) is 34.2 Å². The fraction of sp³-hybridized carbons (Fsp3) is 0.333. The smallest absolute Gasteiger partial charge is 0.123 e. The number of nitrogens with one attached hydrogen (secondary N) is 1. The Morgan fingerprint density at radius 3 is 2.25 bits per heavy atom. The van der Waals surface area contributed by atoms with E-state index in [2.05, 4.69) is 45.1 Å². The molecule has 0 aromatic heterocycles. The highest BCUT2D eigenvalue weighted by atomic mass is 19.1. The molecule has 106 valence electrons. The molecule has 0 saturated heterocycles. The van der Waals surface area contributed by atoms with Crippen molar-refractivity contribution >= 4 is 0 Å². The summed E-state index contributed by atoms with van der Waals surface area (Å²) in [6, 6.07) is 9.38. The van der Waals surface area contributed by atoms with Gasteiger partial charge in [0.1, 0.15) is 5.82 Å². The molecule has 2 heteroatoms. The van der Waals surface area contributed by atoms with Gasteiger partial charge in [-0.1, -0.05) is 30.7 Å². The zero-order valence-corrected chi connectivity index (χ0v) is 12.7. The molecule has 2 aromatic carbocycles. The monoisotopic (exact) mass is 271 g/mol. The summed E-state index contributed by atoms with van der Waals surface area (Å²) in [6.07, 6.45) is 0. The van der Waals surface area contributed by atoms with E-state index in [9.17, 15) is 4.39 Å². The molecule has 0 aliphatic carbocycles. The molecule has 0 radical (unpaired) electrons. The largest absolute Gasteiger partial charge is 0.313 e. The summed E-state index contributed by atoms with van der Waals surface area (Å²) in [6.45, 7) is 10.0. The first-order chi connectivity index (χ1) is 9.52. The summed E-state index contributed by atoms with van der Waals surface area (Å²) in [4.78, 5) is 0. The van der Waals surface area contributed by atoms with Gasteiger partial charge in [-0.3, -0.25) is 0 Å². The zero-order valence-electron chi connectivity index (χ0n) is 12.7. The second-order valence-electron chi connectivity index (χ2n) is 5.36. The predicted octanol–water partition coefficient (Wildman–Crippen LogP) is 4.53. The highest BCUT2D eigenvalue weighted by Gasteiger charge is 2.12. The first-order valence-electron chi connectivity index (χ1n) is 7.10. The van der Waals surface area contributed by atoms with Crippen LogP contribution in [0.2, 0.25) is 0 Å². The third-order valence-electron chi connectivity index (χ3n) is 3.58. The third kappa shape index (κ3) is 3.07. The van der Waals surface area contributed by atoms with Crippen molar-refractivity contribution in [1.82, 2.24) is 5.32 Å². The minimum atomic E-state index is -0.181. The molecule has 0 heterocycles. The lowest BCUT2D eigenvalue weighted by Crippen LogP contribution is -2.13.